The summed E-state index contributed by atoms with van der Waals surface area (Å²) in [6, 6.07) is 1.73. The van der Waals surface area contributed by atoms with Gasteiger partial charge >= 0.3 is 0 Å². The second kappa shape index (κ2) is 3.27. The monoisotopic (exact) mass is 228 g/mol. The Bertz CT molecular complexity index is 332. The van der Waals surface area contributed by atoms with Crippen molar-refractivity contribution in [2.24, 2.45) is 0 Å². The first-order valence-electron chi connectivity index (χ1n) is 3.51. The van der Waals surface area contributed by atoms with Crippen molar-refractivity contribution in [3.8, 4) is 5.75 Å². The molecule has 64 valence electrons. The molecule has 0 radical (unpaired) electrons. The molecule has 0 aliphatic rings. The standard InChI is InChI=1S/C9H9BrO2/c1-5-3-8(10)7(4-11)6(2)9(5)12/h3-4,12H,1-2H3. The minimum atomic E-state index is 0.195. The molecule has 1 aromatic carbocycles. The van der Waals surface area contributed by atoms with Gasteiger partial charge in [-0.3, -0.25) is 4.79 Å². The van der Waals surface area contributed by atoms with Gasteiger partial charge in [-0.2, -0.15) is 0 Å². The van der Waals surface area contributed by atoms with Crippen LogP contribution < -0.4 is 0 Å². The number of halogens is 1. The van der Waals surface area contributed by atoms with E-state index in [-0.39, 0.29) is 5.75 Å². The van der Waals surface area contributed by atoms with Gasteiger partial charge in [0.1, 0.15) is 5.75 Å². The number of phenols is 1. The smallest absolute Gasteiger partial charge is 0.151 e. The number of hydrogen-bond donors (Lipinski definition) is 1. The molecule has 12 heavy (non-hydrogen) atoms. The average molecular weight is 229 g/mol. The molecule has 0 fully saturated rings. The molecule has 1 aromatic rings. The van der Waals surface area contributed by atoms with E-state index in [2.05, 4.69) is 15.9 Å². The van der Waals surface area contributed by atoms with Gasteiger partial charge in [0.15, 0.2) is 6.29 Å². The number of phenolic OH excluding ortho intramolecular Hbond substituents is 1. The molecule has 0 heterocycles. The van der Waals surface area contributed by atoms with E-state index in [1.807, 2.05) is 0 Å². The topological polar surface area (TPSA) is 37.3 Å². The van der Waals surface area contributed by atoms with Crippen LogP contribution in [-0.2, 0) is 0 Å². The molecule has 0 spiro atoms. The van der Waals surface area contributed by atoms with E-state index in [9.17, 15) is 9.90 Å². The highest BCUT2D eigenvalue weighted by Crippen LogP contribution is 2.29. The summed E-state index contributed by atoms with van der Waals surface area (Å²) >= 11 is 3.25. The number of aromatic hydroxyl groups is 1. The van der Waals surface area contributed by atoms with E-state index in [1.165, 1.54) is 0 Å². The summed E-state index contributed by atoms with van der Waals surface area (Å²) in [5, 5.41) is 9.46. The van der Waals surface area contributed by atoms with Crippen LogP contribution in [0.2, 0.25) is 0 Å². The first kappa shape index (κ1) is 9.26. The summed E-state index contributed by atoms with van der Waals surface area (Å²) in [6.07, 6.45) is 0.735. The predicted molar refractivity (Wildman–Crippen MR) is 50.7 cm³/mol. The highest BCUT2D eigenvalue weighted by atomic mass is 79.9. The summed E-state index contributed by atoms with van der Waals surface area (Å²) in [7, 11) is 0. The summed E-state index contributed by atoms with van der Waals surface area (Å²) in [4.78, 5) is 10.6. The molecule has 0 saturated carbocycles. The third-order valence-corrected chi connectivity index (χ3v) is 2.51. The summed E-state index contributed by atoms with van der Waals surface area (Å²) in [6.45, 7) is 3.51. The summed E-state index contributed by atoms with van der Waals surface area (Å²) in [5.41, 5.74) is 1.90. The van der Waals surface area contributed by atoms with Gasteiger partial charge in [-0.15, -0.1) is 0 Å². The first-order chi connectivity index (χ1) is 5.57. The van der Waals surface area contributed by atoms with E-state index >= 15 is 0 Å². The maximum atomic E-state index is 10.6. The highest BCUT2D eigenvalue weighted by Gasteiger charge is 2.09. The Hall–Kier alpha value is -0.830. The van der Waals surface area contributed by atoms with Crippen LogP contribution >= 0.6 is 15.9 Å². The zero-order chi connectivity index (χ0) is 9.30. The van der Waals surface area contributed by atoms with Crippen molar-refractivity contribution < 1.29 is 9.90 Å². The number of rotatable bonds is 1. The van der Waals surface area contributed by atoms with Gasteiger partial charge in [0.2, 0.25) is 0 Å². The molecule has 0 saturated heterocycles. The van der Waals surface area contributed by atoms with Crippen LogP contribution in [0.25, 0.3) is 0 Å². The fraction of sp³-hybridized carbons (Fsp3) is 0.222. The average Bonchev–Trinajstić information content (AvgIpc) is 2.01. The van der Waals surface area contributed by atoms with E-state index in [4.69, 9.17) is 0 Å². The Morgan fingerprint density at radius 3 is 2.58 bits per heavy atom. The molecule has 0 aliphatic heterocycles. The Kier molecular flexibility index (Phi) is 2.52. The first-order valence-corrected chi connectivity index (χ1v) is 4.31. The normalized spacial score (nSPS) is 9.92. The minimum Gasteiger partial charge on any atom is -0.507 e. The second-order valence-corrected chi connectivity index (χ2v) is 3.53. The van der Waals surface area contributed by atoms with E-state index in [1.54, 1.807) is 19.9 Å². The van der Waals surface area contributed by atoms with Gasteiger partial charge in [0.25, 0.3) is 0 Å². The van der Waals surface area contributed by atoms with Crippen molar-refractivity contribution in [3.05, 3.63) is 27.2 Å². The lowest BCUT2D eigenvalue weighted by Crippen LogP contribution is -1.91. The Morgan fingerprint density at radius 2 is 2.08 bits per heavy atom. The lowest BCUT2D eigenvalue weighted by Gasteiger charge is -2.07. The lowest BCUT2D eigenvalue weighted by molar-refractivity contribution is 0.112. The molecule has 0 unspecified atom stereocenters. The Morgan fingerprint density at radius 1 is 1.50 bits per heavy atom. The van der Waals surface area contributed by atoms with Crippen molar-refractivity contribution in [1.29, 1.82) is 0 Å². The van der Waals surface area contributed by atoms with Crippen LogP contribution in [-0.4, -0.2) is 11.4 Å². The number of carbonyl (C=O) groups is 1. The van der Waals surface area contributed by atoms with Crippen LogP contribution in [0.4, 0.5) is 0 Å². The second-order valence-electron chi connectivity index (χ2n) is 2.68. The zero-order valence-corrected chi connectivity index (χ0v) is 8.47. The van der Waals surface area contributed by atoms with Crippen molar-refractivity contribution in [3.63, 3.8) is 0 Å². The van der Waals surface area contributed by atoms with Gasteiger partial charge in [0, 0.05) is 15.6 Å². The van der Waals surface area contributed by atoms with Crippen molar-refractivity contribution >= 4 is 22.2 Å². The number of benzene rings is 1. The molecule has 0 bridgehead atoms. The molecular weight excluding hydrogens is 220 g/mol. The predicted octanol–water partition coefficient (Wildman–Crippen LogP) is 2.58. The highest BCUT2D eigenvalue weighted by molar-refractivity contribution is 9.10. The van der Waals surface area contributed by atoms with Crippen molar-refractivity contribution in [2.45, 2.75) is 13.8 Å². The number of hydrogen-bond acceptors (Lipinski definition) is 2. The SMILES string of the molecule is Cc1cc(Br)c(C=O)c(C)c1O. The van der Waals surface area contributed by atoms with Crippen LogP contribution in [0, 0.1) is 13.8 Å². The molecule has 0 aromatic heterocycles. The number of aryl methyl sites for hydroxylation is 1. The van der Waals surface area contributed by atoms with E-state index in [0.717, 1.165) is 16.3 Å². The van der Waals surface area contributed by atoms with Crippen LogP contribution in [0.3, 0.4) is 0 Å². The zero-order valence-electron chi connectivity index (χ0n) is 6.89. The van der Waals surface area contributed by atoms with Gasteiger partial charge in [-0.1, -0.05) is 15.9 Å². The van der Waals surface area contributed by atoms with Crippen LogP contribution in [0.1, 0.15) is 21.5 Å². The molecule has 0 atom stereocenters. The quantitative estimate of drug-likeness (QED) is 0.751. The molecule has 1 N–H and O–H groups in total. The van der Waals surface area contributed by atoms with E-state index < -0.39 is 0 Å². The fourth-order valence-electron chi connectivity index (χ4n) is 1.08. The molecule has 1 rings (SSSR count). The third kappa shape index (κ3) is 1.37. The fourth-order valence-corrected chi connectivity index (χ4v) is 1.82. The maximum Gasteiger partial charge on any atom is 0.151 e. The largest absolute Gasteiger partial charge is 0.507 e. The van der Waals surface area contributed by atoms with Crippen molar-refractivity contribution in [1.82, 2.24) is 0 Å². The number of carbonyl (C=O) groups excluding carboxylic acids is 1. The molecule has 0 amide bonds. The maximum absolute atomic E-state index is 10.6. The van der Waals surface area contributed by atoms with Crippen LogP contribution in [0.5, 0.6) is 5.75 Å². The minimum absolute atomic E-state index is 0.195. The van der Waals surface area contributed by atoms with Crippen molar-refractivity contribution in [2.75, 3.05) is 0 Å². The van der Waals surface area contributed by atoms with Gasteiger partial charge in [0.05, 0.1) is 0 Å². The Balaban J connectivity index is 3.51. The summed E-state index contributed by atoms with van der Waals surface area (Å²) < 4.78 is 0.727. The Labute approximate surface area is 79.3 Å². The molecule has 0 aliphatic carbocycles. The molecule has 2 nitrogen and oxygen atoms in total. The summed E-state index contributed by atoms with van der Waals surface area (Å²) in [5.74, 6) is 0.195. The lowest BCUT2D eigenvalue weighted by atomic mass is 10.1. The molecular formula is C9H9BrO2. The number of aldehydes is 1. The van der Waals surface area contributed by atoms with E-state index in [0.29, 0.717) is 11.1 Å². The molecule has 3 heteroatoms. The van der Waals surface area contributed by atoms with Gasteiger partial charge in [-0.05, 0) is 25.5 Å². The van der Waals surface area contributed by atoms with Gasteiger partial charge in [-0.25, -0.2) is 0 Å². The van der Waals surface area contributed by atoms with Crippen LogP contribution in [0.15, 0.2) is 10.5 Å². The van der Waals surface area contributed by atoms with Gasteiger partial charge < -0.3 is 5.11 Å². The third-order valence-electron chi connectivity index (χ3n) is 1.85.